The van der Waals surface area contributed by atoms with Crippen molar-refractivity contribution >= 4 is 11.6 Å². The lowest BCUT2D eigenvalue weighted by molar-refractivity contribution is 1.33. The molecule has 1 aromatic rings. The van der Waals surface area contributed by atoms with Crippen molar-refractivity contribution in [1.29, 1.82) is 0 Å². The molecular weight excluding hydrogens is 124 g/mol. The smallest absolute Gasteiger partial charge is 0.0436 e. The Kier molecular flexibility index (Phi) is 3.15. The Hall–Kier alpha value is -0.600. The normalized spacial score (nSPS) is 7.62. The first-order valence-electron chi connectivity index (χ1n) is 1.95. The van der Waals surface area contributed by atoms with Crippen LogP contribution in [0.1, 0.15) is 0 Å². The van der Waals surface area contributed by atoms with Crippen LogP contribution >= 0.6 is 11.6 Å². The fraction of sp³-hybridized carbons (Fsp3) is 0. The van der Waals surface area contributed by atoms with Gasteiger partial charge < -0.3 is 0 Å². The van der Waals surface area contributed by atoms with E-state index >= 15 is 0 Å². The number of nitrogens with zero attached hydrogens (tertiary/aromatic N) is 2. The van der Waals surface area contributed by atoms with Gasteiger partial charge in [-0.2, -0.15) is 0 Å². The lowest BCUT2D eigenvalue weighted by Gasteiger charge is -1.79. The maximum atomic E-state index is 5.50. The molecule has 1 rings (SSSR count). The minimum atomic E-state index is 0. The summed E-state index contributed by atoms with van der Waals surface area (Å²) in [6.07, 6.45) is 3.31. The molecular formula is C5H4ClN2. The van der Waals surface area contributed by atoms with Crippen LogP contribution in [0.2, 0.25) is 5.02 Å². The second-order valence-electron chi connectivity index (χ2n) is 1.17. The van der Waals surface area contributed by atoms with Gasteiger partial charge in [0.2, 0.25) is 0 Å². The van der Waals surface area contributed by atoms with Gasteiger partial charge in [0.05, 0.1) is 0 Å². The van der Waals surface area contributed by atoms with Crippen LogP contribution in [-0.2, 0) is 0 Å². The number of pyridine rings is 1. The first kappa shape index (κ1) is 7.40. The van der Waals surface area contributed by atoms with Gasteiger partial charge in [-0.15, -0.1) is 0 Å². The van der Waals surface area contributed by atoms with Gasteiger partial charge in [0.15, 0.2) is 0 Å². The van der Waals surface area contributed by atoms with Gasteiger partial charge in [-0.25, -0.2) is 0 Å². The van der Waals surface area contributed by atoms with E-state index in [2.05, 4.69) is 4.98 Å². The third-order valence-electron chi connectivity index (χ3n) is 0.640. The zero-order valence-corrected chi connectivity index (χ0v) is 4.84. The van der Waals surface area contributed by atoms with Crippen LogP contribution in [-0.4, -0.2) is 4.98 Å². The van der Waals surface area contributed by atoms with E-state index in [9.17, 15) is 0 Å². The van der Waals surface area contributed by atoms with Crippen LogP contribution < -0.4 is 6.15 Å². The molecule has 1 heterocycles. The second kappa shape index (κ2) is 3.41. The predicted octanol–water partition coefficient (Wildman–Crippen LogP) is 1.25. The van der Waals surface area contributed by atoms with Crippen molar-refractivity contribution in [3.63, 3.8) is 0 Å². The molecule has 0 bridgehead atoms. The van der Waals surface area contributed by atoms with E-state index in [0.29, 0.717) is 0 Å². The Morgan fingerprint density at radius 1 is 1.25 bits per heavy atom. The van der Waals surface area contributed by atoms with Crippen molar-refractivity contribution in [2.24, 2.45) is 0 Å². The molecule has 0 aliphatic rings. The number of halogens is 1. The molecule has 3 heteroatoms. The summed E-state index contributed by atoms with van der Waals surface area (Å²) >= 11 is 5.50. The summed E-state index contributed by atoms with van der Waals surface area (Å²) in [5.41, 5.74) is 0. The molecule has 0 amide bonds. The average molecular weight is 128 g/mol. The van der Waals surface area contributed by atoms with Crippen molar-refractivity contribution < 1.29 is 0 Å². The van der Waals surface area contributed by atoms with Gasteiger partial charge in [-0.05, 0) is 12.1 Å². The highest BCUT2D eigenvalue weighted by Crippen LogP contribution is 2.01. The molecule has 0 unspecified atom stereocenters. The molecule has 0 atom stereocenters. The lowest BCUT2D eigenvalue weighted by Crippen LogP contribution is -1.63. The summed E-state index contributed by atoms with van der Waals surface area (Å²) < 4.78 is 0. The van der Waals surface area contributed by atoms with Crippen LogP contribution in [0.25, 0.3) is 0 Å². The molecule has 0 aliphatic carbocycles. The minimum absolute atomic E-state index is 0. The van der Waals surface area contributed by atoms with Crippen molar-refractivity contribution in [2.45, 2.75) is 0 Å². The second-order valence-corrected chi connectivity index (χ2v) is 1.60. The topological polar surface area (TPSA) is 43.4 Å². The quantitative estimate of drug-likeness (QED) is 0.517. The Morgan fingerprint density at radius 3 is 2.00 bits per heavy atom. The Bertz CT molecular complexity index is 140. The maximum Gasteiger partial charge on any atom is 0.0436 e. The highest BCUT2D eigenvalue weighted by Gasteiger charge is 1.75. The number of hydrogen-bond donors (Lipinski definition) is 0. The third-order valence-corrected chi connectivity index (χ3v) is 0.892. The Balaban J connectivity index is 0.000000490. The molecule has 0 N–H and O–H groups in total. The zero-order chi connectivity index (χ0) is 5.11. The van der Waals surface area contributed by atoms with Gasteiger partial charge in [0.1, 0.15) is 0 Å². The van der Waals surface area contributed by atoms with Crippen LogP contribution in [0, 0.1) is 0 Å². The van der Waals surface area contributed by atoms with Crippen LogP contribution in [0.4, 0.5) is 0 Å². The van der Waals surface area contributed by atoms with Crippen molar-refractivity contribution in [1.82, 2.24) is 11.1 Å². The maximum absolute atomic E-state index is 5.50. The standard InChI is InChI=1S/C5H4ClN.N/c6-5-1-3-7-4-2-5;/h1-4H;. The van der Waals surface area contributed by atoms with E-state index in [1.165, 1.54) is 0 Å². The summed E-state index contributed by atoms with van der Waals surface area (Å²) in [5.74, 6) is 0. The fourth-order valence-corrected chi connectivity index (χ4v) is 0.446. The van der Waals surface area contributed by atoms with Crippen LogP contribution in [0.5, 0.6) is 0 Å². The van der Waals surface area contributed by atoms with E-state index < -0.39 is 0 Å². The van der Waals surface area contributed by atoms with E-state index in [4.69, 9.17) is 11.6 Å². The number of hydrogen-bond acceptors (Lipinski definition) is 1. The van der Waals surface area contributed by atoms with Gasteiger partial charge >= 0.3 is 0 Å². The van der Waals surface area contributed by atoms with Crippen LogP contribution in [0.15, 0.2) is 24.5 Å². The first-order valence-corrected chi connectivity index (χ1v) is 2.33. The van der Waals surface area contributed by atoms with Crippen molar-refractivity contribution in [3.05, 3.63) is 29.5 Å². The monoisotopic (exact) mass is 127 g/mol. The van der Waals surface area contributed by atoms with Gasteiger partial charge in [-0.3, -0.25) is 4.98 Å². The molecule has 0 spiro atoms. The van der Waals surface area contributed by atoms with Crippen molar-refractivity contribution in [2.75, 3.05) is 0 Å². The highest BCUT2D eigenvalue weighted by molar-refractivity contribution is 6.30. The summed E-state index contributed by atoms with van der Waals surface area (Å²) in [6.45, 7) is 0. The molecule has 0 fully saturated rings. The van der Waals surface area contributed by atoms with E-state index in [1.54, 1.807) is 24.5 Å². The molecule has 2 nitrogen and oxygen atoms in total. The van der Waals surface area contributed by atoms with E-state index in [0.717, 1.165) is 5.02 Å². The van der Waals surface area contributed by atoms with Gasteiger partial charge in [-0.1, -0.05) is 11.6 Å². The van der Waals surface area contributed by atoms with E-state index in [1.807, 2.05) is 0 Å². The van der Waals surface area contributed by atoms with Gasteiger partial charge in [0, 0.05) is 23.6 Å². The number of aromatic nitrogens is 1. The Morgan fingerprint density at radius 2 is 1.75 bits per heavy atom. The lowest BCUT2D eigenvalue weighted by atomic mass is 10.5. The summed E-state index contributed by atoms with van der Waals surface area (Å²) in [5, 5.41) is 0.731. The molecule has 1 aromatic heterocycles. The third kappa shape index (κ3) is 1.91. The molecule has 3 radical (unpaired) electrons. The van der Waals surface area contributed by atoms with E-state index in [-0.39, 0.29) is 6.15 Å². The molecule has 41 valence electrons. The summed E-state index contributed by atoms with van der Waals surface area (Å²) in [4.78, 5) is 3.76. The molecule has 0 saturated carbocycles. The summed E-state index contributed by atoms with van der Waals surface area (Å²) in [6, 6.07) is 3.48. The fourth-order valence-electron chi connectivity index (χ4n) is 0.334. The minimum Gasteiger partial charge on any atom is -0.265 e. The number of rotatable bonds is 0. The molecule has 8 heavy (non-hydrogen) atoms. The van der Waals surface area contributed by atoms with Crippen LogP contribution in [0.3, 0.4) is 0 Å². The van der Waals surface area contributed by atoms with Gasteiger partial charge in [0.25, 0.3) is 0 Å². The molecule has 0 saturated heterocycles. The zero-order valence-electron chi connectivity index (χ0n) is 4.08. The molecule has 0 aliphatic heterocycles. The first-order chi connectivity index (χ1) is 3.39. The van der Waals surface area contributed by atoms with Crippen molar-refractivity contribution in [3.8, 4) is 0 Å². The summed E-state index contributed by atoms with van der Waals surface area (Å²) in [7, 11) is 0. The average Bonchev–Trinajstić information content (AvgIpc) is 1.69. The Labute approximate surface area is 53.1 Å². The predicted molar refractivity (Wildman–Crippen MR) is 31.4 cm³/mol. The highest BCUT2D eigenvalue weighted by atomic mass is 35.5. The SMILES string of the molecule is Clc1ccncc1.[N]. The molecule has 0 aromatic carbocycles. The largest absolute Gasteiger partial charge is 0.265 e.